The number of halogens is 2. The van der Waals surface area contributed by atoms with Crippen LogP contribution in [0.1, 0.15) is 17.0 Å². The molecule has 33 heavy (non-hydrogen) atoms. The van der Waals surface area contributed by atoms with Crippen molar-refractivity contribution in [2.75, 3.05) is 5.32 Å². The number of aromatic nitrogens is 3. The van der Waals surface area contributed by atoms with Crippen LogP contribution in [-0.2, 0) is 12.3 Å². The van der Waals surface area contributed by atoms with Crippen LogP contribution >= 0.6 is 35.0 Å². The van der Waals surface area contributed by atoms with Crippen LogP contribution < -0.4 is 10.6 Å². The Morgan fingerprint density at radius 3 is 2.58 bits per heavy atom. The molecule has 1 aromatic heterocycles. The molecule has 0 saturated carbocycles. The zero-order chi connectivity index (χ0) is 23.2. The molecule has 3 aromatic carbocycles. The van der Waals surface area contributed by atoms with Gasteiger partial charge in [-0.15, -0.1) is 10.2 Å². The van der Waals surface area contributed by atoms with Gasteiger partial charge in [0.2, 0.25) is 0 Å². The van der Waals surface area contributed by atoms with Gasteiger partial charge in [0.15, 0.2) is 11.0 Å². The maximum Gasteiger partial charge on any atom is 0.319 e. The number of nitrogens with one attached hydrogen (secondary N) is 2. The molecular formula is C24H21Cl2N5OS. The van der Waals surface area contributed by atoms with Crippen LogP contribution in [0, 0.1) is 6.92 Å². The number of carbonyl (C=O) groups is 1. The Morgan fingerprint density at radius 1 is 1.00 bits per heavy atom. The lowest BCUT2D eigenvalue weighted by Crippen LogP contribution is -2.29. The van der Waals surface area contributed by atoms with Crippen LogP contribution in [0.2, 0.25) is 10.0 Å². The SMILES string of the molecule is Cc1cccc(CSc2nnc(CNC(=O)Nc3ccccc3)n2-c2ccc(Cl)cc2Cl)c1. The van der Waals surface area contributed by atoms with E-state index < -0.39 is 0 Å². The molecule has 4 rings (SSSR count). The summed E-state index contributed by atoms with van der Waals surface area (Å²) in [6.45, 7) is 2.23. The normalized spacial score (nSPS) is 10.8. The number of amides is 2. The van der Waals surface area contributed by atoms with Crippen molar-refractivity contribution < 1.29 is 4.79 Å². The third-order valence-electron chi connectivity index (χ3n) is 4.74. The number of carbonyl (C=O) groups excluding carboxylic acids is 1. The van der Waals surface area contributed by atoms with E-state index in [1.165, 1.54) is 11.1 Å². The van der Waals surface area contributed by atoms with Crippen LogP contribution in [0.25, 0.3) is 5.69 Å². The van der Waals surface area contributed by atoms with Gasteiger partial charge < -0.3 is 10.6 Å². The number of benzene rings is 3. The van der Waals surface area contributed by atoms with Gasteiger partial charge in [0.25, 0.3) is 0 Å². The van der Waals surface area contributed by atoms with Gasteiger partial charge in [0.05, 0.1) is 17.3 Å². The highest BCUT2D eigenvalue weighted by atomic mass is 35.5. The van der Waals surface area contributed by atoms with Gasteiger partial charge in [-0.25, -0.2) is 4.79 Å². The summed E-state index contributed by atoms with van der Waals surface area (Å²) in [7, 11) is 0. The highest BCUT2D eigenvalue weighted by Gasteiger charge is 2.18. The minimum Gasteiger partial charge on any atom is -0.331 e. The first-order chi connectivity index (χ1) is 16.0. The smallest absolute Gasteiger partial charge is 0.319 e. The summed E-state index contributed by atoms with van der Waals surface area (Å²) < 4.78 is 1.85. The average Bonchev–Trinajstić information content (AvgIpc) is 3.19. The van der Waals surface area contributed by atoms with E-state index in [0.717, 1.165) is 0 Å². The molecule has 0 unspecified atom stereocenters. The second-order valence-electron chi connectivity index (χ2n) is 7.28. The van der Waals surface area contributed by atoms with Crippen molar-refractivity contribution >= 4 is 46.7 Å². The van der Waals surface area contributed by atoms with Crippen LogP contribution in [-0.4, -0.2) is 20.8 Å². The van der Waals surface area contributed by atoms with Crippen molar-refractivity contribution in [3.63, 3.8) is 0 Å². The van der Waals surface area contributed by atoms with Crippen molar-refractivity contribution in [3.8, 4) is 5.69 Å². The van der Waals surface area contributed by atoms with E-state index in [0.29, 0.717) is 38.2 Å². The zero-order valence-corrected chi connectivity index (χ0v) is 20.1. The van der Waals surface area contributed by atoms with Crippen molar-refractivity contribution in [1.29, 1.82) is 0 Å². The molecule has 6 nitrogen and oxygen atoms in total. The summed E-state index contributed by atoms with van der Waals surface area (Å²) >= 11 is 14.1. The minimum absolute atomic E-state index is 0.162. The highest BCUT2D eigenvalue weighted by Crippen LogP contribution is 2.30. The van der Waals surface area contributed by atoms with Crippen LogP contribution in [0.5, 0.6) is 0 Å². The molecule has 0 spiro atoms. The third-order valence-corrected chi connectivity index (χ3v) is 6.28. The van der Waals surface area contributed by atoms with Crippen molar-refractivity contribution in [2.45, 2.75) is 24.4 Å². The molecule has 2 N–H and O–H groups in total. The van der Waals surface area contributed by atoms with Crippen molar-refractivity contribution in [2.24, 2.45) is 0 Å². The molecule has 0 aliphatic heterocycles. The maximum absolute atomic E-state index is 12.4. The van der Waals surface area contributed by atoms with Gasteiger partial charge in [0.1, 0.15) is 0 Å². The number of para-hydroxylation sites is 1. The maximum atomic E-state index is 12.4. The van der Waals surface area contributed by atoms with E-state index in [9.17, 15) is 4.79 Å². The number of anilines is 1. The minimum atomic E-state index is -0.341. The van der Waals surface area contributed by atoms with E-state index in [2.05, 4.69) is 46.0 Å². The fraction of sp³-hybridized carbons (Fsp3) is 0.125. The summed E-state index contributed by atoms with van der Waals surface area (Å²) in [5.41, 5.74) is 3.77. The predicted octanol–water partition coefficient (Wildman–Crippen LogP) is 6.50. The molecule has 0 aliphatic rings. The van der Waals surface area contributed by atoms with E-state index >= 15 is 0 Å². The summed E-state index contributed by atoms with van der Waals surface area (Å²) in [6.07, 6.45) is 0. The zero-order valence-electron chi connectivity index (χ0n) is 17.8. The lowest BCUT2D eigenvalue weighted by molar-refractivity contribution is 0.251. The van der Waals surface area contributed by atoms with E-state index in [1.54, 1.807) is 23.9 Å². The fourth-order valence-corrected chi connectivity index (χ4v) is 4.62. The Morgan fingerprint density at radius 2 is 1.82 bits per heavy atom. The second kappa shape index (κ2) is 10.7. The number of nitrogens with zero attached hydrogens (tertiary/aromatic N) is 3. The Bertz CT molecular complexity index is 1260. The van der Waals surface area contributed by atoms with E-state index in [4.69, 9.17) is 23.2 Å². The number of thioether (sulfide) groups is 1. The van der Waals surface area contributed by atoms with Gasteiger partial charge in [-0.2, -0.15) is 0 Å². The molecule has 0 fully saturated rings. The van der Waals surface area contributed by atoms with Crippen LogP contribution in [0.15, 0.2) is 78.0 Å². The number of hydrogen-bond donors (Lipinski definition) is 2. The topological polar surface area (TPSA) is 71.8 Å². The first-order valence-electron chi connectivity index (χ1n) is 10.2. The molecule has 1 heterocycles. The number of rotatable bonds is 7. The first-order valence-corrected chi connectivity index (χ1v) is 11.9. The Kier molecular flexibility index (Phi) is 7.54. The Labute approximate surface area is 206 Å². The molecule has 0 saturated heterocycles. The van der Waals surface area contributed by atoms with Gasteiger partial charge in [-0.3, -0.25) is 4.57 Å². The molecule has 4 aromatic rings. The van der Waals surface area contributed by atoms with E-state index in [1.807, 2.05) is 47.0 Å². The molecule has 2 amide bonds. The lowest BCUT2D eigenvalue weighted by atomic mass is 10.2. The van der Waals surface area contributed by atoms with Crippen LogP contribution in [0.4, 0.5) is 10.5 Å². The standard InChI is InChI=1S/C24H21Cl2N5OS/c1-16-6-5-7-17(12-16)15-33-24-30-29-22(31(24)21-11-10-18(25)13-20(21)26)14-27-23(32)28-19-8-3-2-4-9-19/h2-13H,14-15H2,1H3,(H2,27,28,32). The molecule has 168 valence electrons. The third kappa shape index (κ3) is 6.07. The van der Waals surface area contributed by atoms with Gasteiger partial charge in [-0.05, 0) is 42.8 Å². The number of hydrogen-bond acceptors (Lipinski definition) is 4. The quantitative estimate of drug-likeness (QED) is 0.286. The van der Waals surface area contributed by atoms with Crippen molar-refractivity contribution in [3.05, 3.63) is 99.8 Å². The predicted molar refractivity (Wildman–Crippen MR) is 134 cm³/mol. The monoisotopic (exact) mass is 497 g/mol. The lowest BCUT2D eigenvalue weighted by Gasteiger charge is -2.13. The number of urea groups is 1. The summed E-state index contributed by atoms with van der Waals surface area (Å²) in [5, 5.41) is 16.0. The largest absolute Gasteiger partial charge is 0.331 e. The number of aryl methyl sites for hydroxylation is 1. The average molecular weight is 498 g/mol. The second-order valence-corrected chi connectivity index (χ2v) is 9.07. The highest BCUT2D eigenvalue weighted by molar-refractivity contribution is 7.98. The van der Waals surface area contributed by atoms with Gasteiger partial charge in [0, 0.05) is 16.5 Å². The summed E-state index contributed by atoms with van der Waals surface area (Å²) in [5.74, 6) is 1.27. The summed E-state index contributed by atoms with van der Waals surface area (Å²) in [4.78, 5) is 12.4. The Balaban J connectivity index is 1.56. The first kappa shape index (κ1) is 23.2. The molecule has 0 radical (unpaired) electrons. The van der Waals surface area contributed by atoms with Crippen LogP contribution in [0.3, 0.4) is 0 Å². The van der Waals surface area contributed by atoms with Gasteiger partial charge >= 0.3 is 6.03 Å². The van der Waals surface area contributed by atoms with E-state index in [-0.39, 0.29) is 12.6 Å². The fourth-order valence-electron chi connectivity index (χ4n) is 3.22. The molecular weight excluding hydrogens is 477 g/mol. The molecule has 9 heteroatoms. The van der Waals surface area contributed by atoms with Gasteiger partial charge in [-0.1, -0.05) is 83.0 Å². The molecule has 0 bridgehead atoms. The summed E-state index contributed by atoms with van der Waals surface area (Å²) in [6, 6.07) is 22.4. The Hall–Kier alpha value is -3.00. The van der Waals surface area contributed by atoms with Crippen molar-refractivity contribution in [1.82, 2.24) is 20.1 Å². The molecule has 0 atom stereocenters. The molecule has 0 aliphatic carbocycles.